The van der Waals surface area contributed by atoms with Gasteiger partial charge in [-0.2, -0.15) is 0 Å². The van der Waals surface area contributed by atoms with Gasteiger partial charge in [-0.1, -0.05) is 0 Å². The zero-order valence-corrected chi connectivity index (χ0v) is 11.6. The van der Waals surface area contributed by atoms with E-state index in [2.05, 4.69) is 0 Å². The molecule has 0 aromatic heterocycles. The molecule has 0 spiro atoms. The van der Waals surface area contributed by atoms with Gasteiger partial charge >= 0.3 is 84.5 Å². The van der Waals surface area contributed by atoms with Gasteiger partial charge in [0.1, 0.15) is 0 Å². The third-order valence-electron chi connectivity index (χ3n) is 0. The summed E-state index contributed by atoms with van der Waals surface area (Å²) < 4.78 is 24.1. The van der Waals surface area contributed by atoms with Crippen LogP contribution in [0.2, 0.25) is 0 Å². The van der Waals surface area contributed by atoms with Crippen molar-refractivity contribution in [3.8, 4) is 0 Å². The average molecular weight is 258 g/mol. The smallest absolute Gasteiger partial charge is 1.00 e. The van der Waals surface area contributed by atoms with Crippen LogP contribution in [0.15, 0.2) is 0 Å². The Labute approximate surface area is 129 Å². The summed E-state index contributed by atoms with van der Waals surface area (Å²) in [7, 11) is -4.86. The molecule has 0 aromatic carbocycles. The monoisotopic (exact) mass is 258 g/mol. The minimum absolute atomic E-state index is 0. The Kier molecular flexibility index (Phi) is 27.0. The Morgan fingerprint density at radius 3 is 1.27 bits per heavy atom. The van der Waals surface area contributed by atoms with Crippen molar-refractivity contribution in [1.82, 2.24) is 0 Å². The van der Waals surface area contributed by atoms with Crippen LogP contribution < -0.4 is 4.80 Å². The fourth-order valence-corrected chi connectivity index (χ4v) is 0. The number of rotatable bonds is 0. The fourth-order valence-electron chi connectivity index (χ4n) is 0. The second kappa shape index (κ2) is 12.6. The van der Waals surface area contributed by atoms with E-state index in [-0.39, 0.29) is 78.3 Å². The third kappa shape index (κ3) is 205. The Morgan fingerprint density at radius 1 is 1.27 bits per heavy atom. The van der Waals surface area contributed by atoms with Crippen LogP contribution in [0, 0.1) is 0 Å². The van der Waals surface area contributed by atoms with E-state index in [0.29, 0.717) is 0 Å². The predicted molar refractivity (Wildman–Crippen MR) is 37.7 cm³/mol. The standard InChI is InChI=1S/2Ca.H3O4Si.H2O3S.2H/c;;1-5(2,3)4;1-4(2)3;;/h;;1-3H;(H2,1,2,3);;/q2*+2;-1;;2*-1/p-1. The van der Waals surface area contributed by atoms with Crippen molar-refractivity contribution in [2.24, 2.45) is 0 Å². The molecule has 0 aromatic rings. The molecular formula is H6Ca2O7SSi. The SMILES string of the molecule is O=S([O-])O.[Ca+2].[Ca+2].[H-].[H-].[O-][Si](O)(O)O. The molecule has 1 atom stereocenters. The summed E-state index contributed by atoms with van der Waals surface area (Å²) in [6, 6.07) is 0. The first kappa shape index (κ1) is 23.5. The predicted octanol–water partition coefficient (Wildman–Crippen LogP) is -4.44. The van der Waals surface area contributed by atoms with Gasteiger partial charge in [0.05, 0.1) is 11.4 Å². The van der Waals surface area contributed by atoms with Crippen LogP contribution in [0.4, 0.5) is 0 Å². The average Bonchev–Trinajstić information content (AvgIpc) is 1.19. The summed E-state index contributed by atoms with van der Waals surface area (Å²) in [6.45, 7) is 0. The Morgan fingerprint density at radius 2 is 1.27 bits per heavy atom. The van der Waals surface area contributed by atoms with Gasteiger partial charge in [0.25, 0.3) is 0 Å². The molecule has 0 aliphatic carbocycles. The van der Waals surface area contributed by atoms with Gasteiger partial charge in [-0.3, -0.25) is 0 Å². The van der Waals surface area contributed by atoms with Gasteiger partial charge in [-0.25, -0.2) is 4.21 Å². The zero-order chi connectivity index (χ0) is 8.08. The van der Waals surface area contributed by atoms with Crippen molar-refractivity contribution in [2.75, 3.05) is 0 Å². The molecule has 0 aliphatic heterocycles. The number of hydrogen-bond acceptors (Lipinski definition) is 6. The van der Waals surface area contributed by atoms with Crippen LogP contribution in [0.3, 0.4) is 0 Å². The van der Waals surface area contributed by atoms with Gasteiger partial charge in [0, 0.05) is 0 Å². The van der Waals surface area contributed by atoms with Crippen molar-refractivity contribution in [3.05, 3.63) is 0 Å². The first-order valence-corrected chi connectivity index (χ1v) is 4.17. The summed E-state index contributed by atoms with van der Waals surface area (Å²) in [5, 5.41) is 0. The summed E-state index contributed by atoms with van der Waals surface area (Å²) in [4.78, 5) is 30.6. The molecule has 0 bridgehead atoms. The topological polar surface area (TPSA) is 144 Å². The molecule has 0 saturated heterocycles. The normalized spacial score (nSPS) is 11.1. The van der Waals surface area contributed by atoms with Gasteiger partial charge in [0.2, 0.25) is 0 Å². The van der Waals surface area contributed by atoms with E-state index in [1.807, 2.05) is 0 Å². The molecule has 0 saturated carbocycles. The maximum absolute atomic E-state index is 8.91. The molecule has 0 aliphatic rings. The fraction of sp³-hybridized carbons (Fsp3) is 0. The van der Waals surface area contributed by atoms with Crippen molar-refractivity contribution in [1.29, 1.82) is 0 Å². The van der Waals surface area contributed by atoms with Gasteiger partial charge < -0.3 is 31.1 Å². The summed E-state index contributed by atoms with van der Waals surface area (Å²) in [5.41, 5.74) is 0. The molecule has 7 nitrogen and oxygen atoms in total. The molecule has 0 fully saturated rings. The second-order valence-corrected chi connectivity index (χ2v) is 2.37. The maximum Gasteiger partial charge on any atom is 2.00 e. The first-order chi connectivity index (χ1) is 3.73. The molecule has 1 unspecified atom stereocenters. The van der Waals surface area contributed by atoms with Crippen molar-refractivity contribution in [3.63, 3.8) is 0 Å². The molecule has 0 rings (SSSR count). The molecule has 11 heteroatoms. The van der Waals surface area contributed by atoms with E-state index >= 15 is 0 Å². The van der Waals surface area contributed by atoms with Crippen LogP contribution >= 0.6 is 0 Å². The van der Waals surface area contributed by atoms with Crippen LogP contribution in [0.25, 0.3) is 0 Å². The zero-order valence-electron chi connectivity index (χ0n) is 7.34. The Hall–Kier alpha value is 2.65. The maximum atomic E-state index is 8.91. The number of hydrogen-bond donors (Lipinski definition) is 4. The molecule has 62 valence electrons. The molecule has 0 heterocycles. The van der Waals surface area contributed by atoms with Crippen molar-refractivity contribution in [2.45, 2.75) is 0 Å². The van der Waals surface area contributed by atoms with E-state index in [1.54, 1.807) is 0 Å². The summed E-state index contributed by atoms with van der Waals surface area (Å²) in [5.74, 6) is 0. The van der Waals surface area contributed by atoms with E-state index in [0.717, 1.165) is 0 Å². The minimum Gasteiger partial charge on any atom is -1.00 e. The van der Waals surface area contributed by atoms with Crippen molar-refractivity contribution < 1.29 is 35.4 Å². The van der Waals surface area contributed by atoms with Crippen LogP contribution in [-0.2, 0) is 11.4 Å². The summed E-state index contributed by atoms with van der Waals surface area (Å²) >= 11 is -2.86. The van der Waals surface area contributed by atoms with Crippen LogP contribution in [0.1, 0.15) is 2.85 Å². The minimum atomic E-state index is -4.86. The molecule has 11 heavy (non-hydrogen) atoms. The molecule has 0 amide bonds. The van der Waals surface area contributed by atoms with E-state index in [1.165, 1.54) is 0 Å². The summed E-state index contributed by atoms with van der Waals surface area (Å²) in [6.07, 6.45) is 0. The largest absolute Gasteiger partial charge is 2.00 e. The van der Waals surface area contributed by atoms with Gasteiger partial charge in [-0.15, -0.1) is 0 Å². The van der Waals surface area contributed by atoms with Gasteiger partial charge in [-0.05, 0) is 0 Å². The second-order valence-electron chi connectivity index (χ2n) is 0.791. The molecular weight excluding hydrogens is 252 g/mol. The van der Waals surface area contributed by atoms with E-state index < -0.39 is 20.4 Å². The molecule has 0 radical (unpaired) electrons. The first-order valence-electron chi connectivity index (χ1n) is 1.39. The Bertz CT molecular complexity index is 87.0. The third-order valence-corrected chi connectivity index (χ3v) is 0. The van der Waals surface area contributed by atoms with E-state index in [9.17, 15) is 0 Å². The van der Waals surface area contributed by atoms with Gasteiger partial charge in [0.15, 0.2) is 0 Å². The van der Waals surface area contributed by atoms with Crippen LogP contribution in [-0.4, -0.2) is 112 Å². The van der Waals surface area contributed by atoms with E-state index in [4.69, 9.17) is 32.5 Å². The quantitative estimate of drug-likeness (QED) is 0.253. The molecule has 4 N–H and O–H groups in total. The Balaban J connectivity index is -0.0000000146. The van der Waals surface area contributed by atoms with Crippen molar-refractivity contribution >= 4 is 95.9 Å². The van der Waals surface area contributed by atoms with Crippen LogP contribution in [0.5, 0.6) is 0 Å².